The first-order valence-corrected chi connectivity index (χ1v) is 7.88. The van der Waals surface area contributed by atoms with E-state index in [1.807, 2.05) is 24.3 Å². The Morgan fingerprint density at radius 3 is 2.70 bits per heavy atom. The molecular weight excluding hydrogens is 290 g/mol. The average molecular weight is 313 g/mol. The summed E-state index contributed by atoms with van der Waals surface area (Å²) < 4.78 is 5.71. The Hall–Kier alpha value is -2.33. The third-order valence-electron chi connectivity index (χ3n) is 3.38. The van der Waals surface area contributed by atoms with Gasteiger partial charge in [-0.1, -0.05) is 36.4 Å². The Labute approximate surface area is 137 Å². The van der Waals surface area contributed by atoms with Crippen molar-refractivity contribution in [1.29, 1.82) is 0 Å². The molecule has 0 heterocycles. The Balaban J connectivity index is 1.79. The van der Waals surface area contributed by atoms with Gasteiger partial charge in [0.15, 0.2) is 0 Å². The van der Waals surface area contributed by atoms with Crippen molar-refractivity contribution >= 4 is 5.91 Å². The Morgan fingerprint density at radius 1 is 1.17 bits per heavy atom. The normalized spacial score (nSPS) is 11.7. The van der Waals surface area contributed by atoms with Crippen molar-refractivity contribution in [2.75, 3.05) is 13.2 Å². The predicted molar refractivity (Wildman–Crippen MR) is 90.7 cm³/mol. The predicted octanol–water partition coefficient (Wildman–Crippen LogP) is 2.81. The molecule has 0 saturated heterocycles. The van der Waals surface area contributed by atoms with Crippen molar-refractivity contribution < 1.29 is 14.6 Å². The van der Waals surface area contributed by atoms with E-state index in [4.69, 9.17) is 4.74 Å². The van der Waals surface area contributed by atoms with Gasteiger partial charge in [-0.25, -0.2) is 0 Å². The molecule has 4 nitrogen and oxygen atoms in total. The van der Waals surface area contributed by atoms with Crippen LogP contribution in [0.25, 0.3) is 0 Å². The first kappa shape index (κ1) is 17.0. The number of rotatable bonds is 8. The summed E-state index contributed by atoms with van der Waals surface area (Å²) in [6.07, 6.45) is 1.33. The molecule has 4 heteroatoms. The zero-order valence-corrected chi connectivity index (χ0v) is 13.4. The van der Waals surface area contributed by atoms with E-state index in [0.29, 0.717) is 17.9 Å². The summed E-state index contributed by atoms with van der Waals surface area (Å²) in [6.45, 7) is 2.47. The number of benzene rings is 2. The number of amides is 1. The number of hydrogen-bond donors (Lipinski definition) is 2. The van der Waals surface area contributed by atoms with Crippen LogP contribution in [-0.4, -0.2) is 30.3 Å². The summed E-state index contributed by atoms with van der Waals surface area (Å²) in [5.74, 6) is 0.475. The summed E-state index contributed by atoms with van der Waals surface area (Å²) in [6, 6.07) is 17.4. The second kappa shape index (κ2) is 8.96. The van der Waals surface area contributed by atoms with Crippen molar-refractivity contribution in [2.24, 2.45) is 0 Å². The van der Waals surface area contributed by atoms with E-state index in [2.05, 4.69) is 17.4 Å². The van der Waals surface area contributed by atoms with Gasteiger partial charge in [-0.05, 0) is 43.5 Å². The summed E-state index contributed by atoms with van der Waals surface area (Å²) in [5, 5.41) is 11.9. The highest BCUT2D eigenvalue weighted by atomic mass is 16.5. The van der Waals surface area contributed by atoms with Gasteiger partial charge in [-0.3, -0.25) is 4.79 Å². The molecule has 2 rings (SSSR count). The van der Waals surface area contributed by atoms with E-state index >= 15 is 0 Å². The van der Waals surface area contributed by atoms with Crippen molar-refractivity contribution in [1.82, 2.24) is 5.32 Å². The van der Waals surface area contributed by atoms with E-state index in [1.54, 1.807) is 25.1 Å². The van der Waals surface area contributed by atoms with E-state index in [-0.39, 0.29) is 12.5 Å². The quantitative estimate of drug-likeness (QED) is 0.737. The molecule has 0 spiro atoms. The zero-order chi connectivity index (χ0) is 16.5. The van der Waals surface area contributed by atoms with Crippen molar-refractivity contribution in [3.05, 3.63) is 65.7 Å². The largest absolute Gasteiger partial charge is 0.494 e. The second-order valence-corrected chi connectivity index (χ2v) is 5.52. The standard InChI is InChI=1S/C19H23NO3/c1-15(21)14-20-19(22)17-10-5-11-18(13-17)23-12-6-9-16-7-3-2-4-8-16/h2-5,7-8,10-11,13,15,21H,6,9,12,14H2,1H3,(H,20,22). The topological polar surface area (TPSA) is 58.6 Å². The first-order chi connectivity index (χ1) is 11.1. The second-order valence-electron chi connectivity index (χ2n) is 5.52. The number of ether oxygens (including phenoxy) is 1. The first-order valence-electron chi connectivity index (χ1n) is 7.88. The van der Waals surface area contributed by atoms with Crippen molar-refractivity contribution in [2.45, 2.75) is 25.9 Å². The van der Waals surface area contributed by atoms with Gasteiger partial charge >= 0.3 is 0 Å². The lowest BCUT2D eigenvalue weighted by Gasteiger charge is -2.09. The van der Waals surface area contributed by atoms with E-state index < -0.39 is 6.10 Å². The van der Waals surface area contributed by atoms with Gasteiger partial charge in [-0.2, -0.15) is 0 Å². The van der Waals surface area contributed by atoms with Crippen LogP contribution in [0.15, 0.2) is 54.6 Å². The van der Waals surface area contributed by atoms with Crippen LogP contribution in [-0.2, 0) is 6.42 Å². The SMILES string of the molecule is CC(O)CNC(=O)c1cccc(OCCCc2ccccc2)c1. The molecule has 2 aromatic carbocycles. The van der Waals surface area contributed by atoms with Crippen molar-refractivity contribution in [3.63, 3.8) is 0 Å². The lowest BCUT2D eigenvalue weighted by atomic mass is 10.1. The maximum atomic E-state index is 11.9. The summed E-state index contributed by atoms with van der Waals surface area (Å²) in [5.41, 5.74) is 1.83. The molecule has 1 amide bonds. The Kier molecular flexibility index (Phi) is 6.63. The zero-order valence-electron chi connectivity index (χ0n) is 13.4. The van der Waals surface area contributed by atoms with Gasteiger partial charge in [0.05, 0.1) is 12.7 Å². The Morgan fingerprint density at radius 2 is 1.96 bits per heavy atom. The van der Waals surface area contributed by atoms with Gasteiger partial charge in [0, 0.05) is 12.1 Å². The smallest absolute Gasteiger partial charge is 0.251 e. The van der Waals surface area contributed by atoms with Gasteiger partial charge in [0.1, 0.15) is 5.75 Å². The molecule has 0 aliphatic heterocycles. The van der Waals surface area contributed by atoms with Gasteiger partial charge < -0.3 is 15.2 Å². The monoisotopic (exact) mass is 313 g/mol. The minimum absolute atomic E-state index is 0.208. The molecule has 1 unspecified atom stereocenters. The molecule has 0 aliphatic rings. The number of aryl methyl sites for hydroxylation is 1. The number of nitrogens with one attached hydrogen (secondary N) is 1. The fourth-order valence-electron chi connectivity index (χ4n) is 2.18. The van der Waals surface area contributed by atoms with Crippen LogP contribution < -0.4 is 10.1 Å². The molecule has 0 radical (unpaired) electrons. The number of hydrogen-bond acceptors (Lipinski definition) is 3. The Bertz CT molecular complexity index is 611. The molecule has 0 saturated carbocycles. The van der Waals surface area contributed by atoms with Gasteiger partial charge in [-0.15, -0.1) is 0 Å². The number of aliphatic hydroxyl groups is 1. The van der Waals surface area contributed by atoms with E-state index in [9.17, 15) is 9.90 Å². The van der Waals surface area contributed by atoms with Crippen LogP contribution in [0.1, 0.15) is 29.3 Å². The fourth-order valence-corrected chi connectivity index (χ4v) is 2.18. The van der Waals surface area contributed by atoms with E-state index in [0.717, 1.165) is 12.8 Å². The third kappa shape index (κ3) is 6.12. The summed E-state index contributed by atoms with van der Waals surface area (Å²) in [7, 11) is 0. The molecule has 0 aromatic heterocycles. The lowest BCUT2D eigenvalue weighted by molar-refractivity contribution is 0.0923. The number of carbonyl (C=O) groups excluding carboxylic acids is 1. The third-order valence-corrected chi connectivity index (χ3v) is 3.38. The summed E-state index contributed by atoms with van der Waals surface area (Å²) >= 11 is 0. The van der Waals surface area contributed by atoms with Crippen LogP contribution >= 0.6 is 0 Å². The van der Waals surface area contributed by atoms with E-state index in [1.165, 1.54) is 5.56 Å². The molecule has 23 heavy (non-hydrogen) atoms. The molecule has 1 atom stereocenters. The minimum Gasteiger partial charge on any atom is -0.494 e. The average Bonchev–Trinajstić information content (AvgIpc) is 2.58. The molecule has 0 fully saturated rings. The molecular formula is C19H23NO3. The molecule has 0 aliphatic carbocycles. The van der Waals surface area contributed by atoms with Gasteiger partial charge in [0.2, 0.25) is 0 Å². The number of aliphatic hydroxyl groups excluding tert-OH is 1. The van der Waals surface area contributed by atoms with Crippen LogP contribution in [0, 0.1) is 0 Å². The molecule has 2 aromatic rings. The van der Waals surface area contributed by atoms with Crippen LogP contribution in [0.5, 0.6) is 5.75 Å². The highest BCUT2D eigenvalue weighted by Gasteiger charge is 2.07. The van der Waals surface area contributed by atoms with Crippen LogP contribution in [0.2, 0.25) is 0 Å². The molecule has 0 bridgehead atoms. The van der Waals surface area contributed by atoms with Crippen molar-refractivity contribution in [3.8, 4) is 5.75 Å². The molecule has 122 valence electrons. The van der Waals surface area contributed by atoms with Crippen LogP contribution in [0.3, 0.4) is 0 Å². The number of carbonyl (C=O) groups is 1. The maximum absolute atomic E-state index is 11.9. The lowest BCUT2D eigenvalue weighted by Crippen LogP contribution is -2.30. The van der Waals surface area contributed by atoms with Gasteiger partial charge in [0.25, 0.3) is 5.91 Å². The summed E-state index contributed by atoms with van der Waals surface area (Å²) in [4.78, 5) is 11.9. The van der Waals surface area contributed by atoms with Crippen LogP contribution in [0.4, 0.5) is 0 Å². The maximum Gasteiger partial charge on any atom is 0.251 e. The molecule has 2 N–H and O–H groups in total. The minimum atomic E-state index is -0.559. The highest BCUT2D eigenvalue weighted by molar-refractivity contribution is 5.94. The fraction of sp³-hybridized carbons (Fsp3) is 0.316. The highest BCUT2D eigenvalue weighted by Crippen LogP contribution is 2.14.